The number of hydrogen-bond acceptors (Lipinski definition) is 1. The van der Waals surface area contributed by atoms with Crippen LogP contribution >= 0.6 is 0 Å². The lowest BCUT2D eigenvalue weighted by Crippen LogP contribution is -2.20. The summed E-state index contributed by atoms with van der Waals surface area (Å²) in [7, 11) is -1.15. The minimum atomic E-state index is -1.15. The van der Waals surface area contributed by atoms with E-state index < -0.39 is 8.07 Å². The van der Waals surface area contributed by atoms with E-state index in [1.165, 1.54) is 12.1 Å². The first kappa shape index (κ1) is 16.3. The molecule has 0 spiro atoms. The van der Waals surface area contributed by atoms with Crippen molar-refractivity contribution in [2.24, 2.45) is 5.92 Å². The van der Waals surface area contributed by atoms with E-state index in [2.05, 4.69) is 79.6 Å². The molecule has 1 aliphatic rings. The van der Waals surface area contributed by atoms with E-state index in [1.807, 2.05) is 0 Å². The second-order valence-electron chi connectivity index (χ2n) is 7.18. The van der Waals surface area contributed by atoms with Crippen molar-refractivity contribution in [3.63, 3.8) is 0 Å². The first-order chi connectivity index (χ1) is 9.98. The van der Waals surface area contributed by atoms with Crippen LogP contribution in [0.2, 0.25) is 19.6 Å². The molecule has 0 aliphatic carbocycles. The van der Waals surface area contributed by atoms with Gasteiger partial charge in [-0.25, -0.2) is 0 Å². The summed E-state index contributed by atoms with van der Waals surface area (Å²) in [6.45, 7) is 12.9. The Bertz CT molecular complexity index is 496. The molecule has 1 aliphatic heterocycles. The van der Waals surface area contributed by atoms with Crippen molar-refractivity contribution in [3.8, 4) is 0 Å². The molecule has 1 heterocycles. The van der Waals surface area contributed by atoms with Crippen molar-refractivity contribution in [2.75, 3.05) is 13.1 Å². The summed E-state index contributed by atoms with van der Waals surface area (Å²) < 4.78 is 0. The first-order valence-corrected chi connectivity index (χ1v) is 11.7. The smallest absolute Gasteiger partial charge is 0.0687 e. The van der Waals surface area contributed by atoms with Gasteiger partial charge in [-0.05, 0) is 12.0 Å². The van der Waals surface area contributed by atoms with Crippen LogP contribution in [0.5, 0.6) is 0 Å². The number of allylic oxidation sites excluding steroid dienone is 1. The third kappa shape index (κ3) is 5.29. The Morgan fingerprint density at radius 1 is 1.19 bits per heavy atom. The summed E-state index contributed by atoms with van der Waals surface area (Å²) in [4.78, 5) is 2.59. The monoisotopic (exact) mass is 299 g/mol. The van der Waals surface area contributed by atoms with Gasteiger partial charge in [0, 0.05) is 25.6 Å². The van der Waals surface area contributed by atoms with Crippen molar-refractivity contribution in [2.45, 2.75) is 39.5 Å². The maximum atomic E-state index is 2.61. The van der Waals surface area contributed by atoms with Crippen LogP contribution in [0, 0.1) is 5.92 Å². The Morgan fingerprint density at radius 3 is 2.52 bits per heavy atom. The highest BCUT2D eigenvalue weighted by Gasteiger charge is 2.27. The minimum absolute atomic E-state index is 0.625. The summed E-state index contributed by atoms with van der Waals surface area (Å²) in [5.74, 6) is 0.625. The lowest BCUT2D eigenvalue weighted by Gasteiger charge is -2.15. The molecule has 114 valence electrons. The van der Waals surface area contributed by atoms with Gasteiger partial charge in [0.1, 0.15) is 0 Å². The van der Waals surface area contributed by atoms with E-state index in [1.54, 1.807) is 5.57 Å². The lowest BCUT2D eigenvalue weighted by atomic mass is 10.0. The molecular weight excluding hydrogens is 270 g/mol. The molecule has 1 aromatic rings. The maximum Gasteiger partial charge on any atom is 0.0687 e. The Labute approximate surface area is 131 Å². The highest BCUT2D eigenvalue weighted by atomic mass is 28.3. The predicted octanol–water partition coefficient (Wildman–Crippen LogP) is 4.89. The molecule has 0 bridgehead atoms. The van der Waals surface area contributed by atoms with Gasteiger partial charge >= 0.3 is 0 Å². The SMILES string of the molecule is CC/C=C/[C@H]1CN(Cc2ccccc2)C/C1=C/[Si](C)(C)C. The van der Waals surface area contributed by atoms with E-state index >= 15 is 0 Å². The Balaban J connectivity index is 2.10. The topological polar surface area (TPSA) is 3.24 Å². The van der Waals surface area contributed by atoms with E-state index in [4.69, 9.17) is 0 Å². The molecule has 1 atom stereocenters. The quantitative estimate of drug-likeness (QED) is 0.553. The van der Waals surface area contributed by atoms with Crippen LogP contribution in [0.15, 0.2) is 53.8 Å². The van der Waals surface area contributed by atoms with Crippen molar-refractivity contribution in [3.05, 3.63) is 59.3 Å². The lowest BCUT2D eigenvalue weighted by molar-refractivity contribution is 0.327. The fraction of sp³-hybridized carbons (Fsp3) is 0.474. The van der Waals surface area contributed by atoms with Gasteiger partial charge in [0.05, 0.1) is 8.07 Å². The fourth-order valence-electron chi connectivity index (χ4n) is 2.99. The first-order valence-electron chi connectivity index (χ1n) is 8.12. The molecule has 2 rings (SSSR count). The zero-order valence-electron chi connectivity index (χ0n) is 14.0. The van der Waals surface area contributed by atoms with Crippen LogP contribution in [0.4, 0.5) is 0 Å². The van der Waals surface area contributed by atoms with Gasteiger partial charge in [-0.15, -0.1) is 0 Å². The third-order valence-corrected chi connectivity index (χ3v) is 5.05. The summed E-state index contributed by atoms with van der Waals surface area (Å²) in [6, 6.07) is 10.8. The molecule has 1 saturated heterocycles. The summed E-state index contributed by atoms with van der Waals surface area (Å²) in [5, 5.41) is 0. The van der Waals surface area contributed by atoms with Gasteiger partial charge in [-0.2, -0.15) is 0 Å². The van der Waals surface area contributed by atoms with E-state index in [-0.39, 0.29) is 0 Å². The molecule has 1 nitrogen and oxygen atoms in total. The highest BCUT2D eigenvalue weighted by Crippen LogP contribution is 2.27. The molecule has 0 aromatic heterocycles. The van der Waals surface area contributed by atoms with Crippen molar-refractivity contribution in [1.29, 1.82) is 0 Å². The van der Waals surface area contributed by atoms with Gasteiger partial charge in [0.15, 0.2) is 0 Å². The second-order valence-corrected chi connectivity index (χ2v) is 12.2. The summed E-state index contributed by atoms with van der Waals surface area (Å²) in [6.07, 6.45) is 5.89. The van der Waals surface area contributed by atoms with Crippen LogP contribution in [-0.4, -0.2) is 26.1 Å². The zero-order valence-corrected chi connectivity index (χ0v) is 15.0. The summed E-state index contributed by atoms with van der Waals surface area (Å²) in [5.41, 5.74) is 5.68. The van der Waals surface area contributed by atoms with E-state index in [0.717, 1.165) is 19.5 Å². The predicted molar refractivity (Wildman–Crippen MR) is 96.1 cm³/mol. The molecule has 1 fully saturated rings. The number of hydrogen-bond donors (Lipinski definition) is 0. The van der Waals surface area contributed by atoms with Crippen LogP contribution in [0.25, 0.3) is 0 Å². The van der Waals surface area contributed by atoms with Crippen molar-refractivity contribution < 1.29 is 0 Å². The highest BCUT2D eigenvalue weighted by molar-refractivity contribution is 6.81. The van der Waals surface area contributed by atoms with E-state index in [0.29, 0.717) is 5.92 Å². The fourth-order valence-corrected chi connectivity index (χ4v) is 4.41. The normalized spacial score (nSPS) is 22.5. The zero-order chi connectivity index (χ0) is 15.3. The van der Waals surface area contributed by atoms with Gasteiger partial charge < -0.3 is 0 Å². The van der Waals surface area contributed by atoms with Crippen LogP contribution in [0.1, 0.15) is 18.9 Å². The van der Waals surface area contributed by atoms with Crippen molar-refractivity contribution in [1.82, 2.24) is 4.90 Å². The molecule has 0 radical (unpaired) electrons. The van der Waals surface area contributed by atoms with Crippen LogP contribution < -0.4 is 0 Å². The average molecular weight is 300 g/mol. The standard InChI is InChI=1S/C19H29NSi/c1-5-6-12-18-14-20(13-17-10-8-7-9-11-17)15-19(18)16-21(2,3)4/h6-12,16,18H,5,13-15H2,1-4H3/b12-6+,19-16-/t18-/m0/s1. The third-order valence-electron chi connectivity index (χ3n) is 3.81. The van der Waals surface area contributed by atoms with Gasteiger partial charge in [-0.1, -0.05) is 80.3 Å². The number of benzene rings is 1. The largest absolute Gasteiger partial charge is 0.294 e. The Morgan fingerprint density at radius 2 is 1.90 bits per heavy atom. The Kier molecular flexibility index (Phi) is 5.60. The Hall–Kier alpha value is -1.12. The molecule has 0 amide bonds. The molecule has 1 aromatic carbocycles. The molecule has 2 heteroatoms. The molecule has 0 unspecified atom stereocenters. The maximum absolute atomic E-state index is 2.61. The number of likely N-dealkylation sites (tertiary alicyclic amines) is 1. The van der Waals surface area contributed by atoms with Gasteiger partial charge in [0.25, 0.3) is 0 Å². The van der Waals surface area contributed by atoms with Gasteiger partial charge in [-0.3, -0.25) is 4.90 Å². The molecule has 0 N–H and O–H groups in total. The van der Waals surface area contributed by atoms with Crippen LogP contribution in [-0.2, 0) is 6.54 Å². The number of nitrogens with zero attached hydrogens (tertiary/aromatic N) is 1. The molecule has 0 saturated carbocycles. The number of rotatable bonds is 5. The van der Waals surface area contributed by atoms with E-state index in [9.17, 15) is 0 Å². The molecular formula is C19H29NSi. The minimum Gasteiger partial charge on any atom is -0.294 e. The average Bonchev–Trinajstić information content (AvgIpc) is 2.77. The van der Waals surface area contributed by atoms with Crippen LogP contribution in [0.3, 0.4) is 0 Å². The second kappa shape index (κ2) is 7.23. The van der Waals surface area contributed by atoms with Crippen molar-refractivity contribution >= 4 is 8.07 Å². The van der Waals surface area contributed by atoms with Gasteiger partial charge in [0.2, 0.25) is 0 Å². The molecule has 21 heavy (non-hydrogen) atoms. The summed E-state index contributed by atoms with van der Waals surface area (Å²) >= 11 is 0.